The van der Waals surface area contributed by atoms with E-state index in [0.717, 1.165) is 12.1 Å². The van der Waals surface area contributed by atoms with E-state index in [0.29, 0.717) is 17.5 Å². The second-order valence-electron chi connectivity index (χ2n) is 4.22. The van der Waals surface area contributed by atoms with Crippen LogP contribution in [0.25, 0.3) is 0 Å². The molecule has 0 radical (unpaired) electrons. The first-order chi connectivity index (χ1) is 7.66. The van der Waals surface area contributed by atoms with Crippen molar-refractivity contribution in [3.8, 4) is 0 Å². The van der Waals surface area contributed by atoms with Gasteiger partial charge in [0.15, 0.2) is 0 Å². The molecule has 0 aromatic heterocycles. The fourth-order valence-corrected chi connectivity index (χ4v) is 2.19. The molecule has 0 heterocycles. The van der Waals surface area contributed by atoms with E-state index in [1.165, 1.54) is 25.0 Å². The molecule has 1 saturated carbocycles. The van der Waals surface area contributed by atoms with Gasteiger partial charge in [0, 0.05) is 23.5 Å². The van der Waals surface area contributed by atoms with Gasteiger partial charge in [-0.05, 0) is 42.5 Å². The second-order valence-corrected chi connectivity index (χ2v) is 5.19. The normalized spacial score (nSPS) is 17.4. The van der Waals surface area contributed by atoms with Crippen LogP contribution in [-0.4, -0.2) is 11.9 Å². The predicted molar refractivity (Wildman–Crippen MR) is 65.5 cm³/mol. The number of rotatable bonds is 5. The Bertz CT molecular complexity index is 366. The van der Waals surface area contributed by atoms with Gasteiger partial charge in [-0.1, -0.05) is 11.6 Å². The van der Waals surface area contributed by atoms with Gasteiger partial charge in [0.1, 0.15) is 5.82 Å². The van der Waals surface area contributed by atoms with E-state index in [1.54, 1.807) is 6.07 Å². The summed E-state index contributed by atoms with van der Waals surface area (Å²) < 4.78 is 13.0. The van der Waals surface area contributed by atoms with Crippen LogP contribution in [0, 0.1) is 11.7 Å². The first-order valence-electron chi connectivity index (χ1n) is 5.45. The van der Waals surface area contributed by atoms with Crippen LogP contribution >= 0.6 is 23.2 Å². The highest BCUT2D eigenvalue weighted by Gasteiger charge is 2.29. The molecule has 0 bridgehead atoms. The maximum atomic E-state index is 13.0. The largest absolute Gasteiger partial charge is 0.311 e. The van der Waals surface area contributed by atoms with E-state index in [-0.39, 0.29) is 11.2 Å². The van der Waals surface area contributed by atoms with Crippen LogP contribution in [-0.2, 0) is 6.54 Å². The van der Waals surface area contributed by atoms with Gasteiger partial charge in [-0.25, -0.2) is 4.39 Å². The van der Waals surface area contributed by atoms with Gasteiger partial charge in [0.25, 0.3) is 0 Å². The van der Waals surface area contributed by atoms with E-state index >= 15 is 0 Å². The Morgan fingerprint density at radius 3 is 2.88 bits per heavy atom. The SMILES string of the molecule is Fc1ccc(Cl)c(CNCC(Cl)C2CC2)c1. The Labute approximate surface area is 105 Å². The lowest BCUT2D eigenvalue weighted by atomic mass is 10.2. The molecule has 0 amide bonds. The van der Waals surface area contributed by atoms with Crippen LogP contribution in [0.3, 0.4) is 0 Å². The van der Waals surface area contributed by atoms with Crippen molar-refractivity contribution in [1.29, 1.82) is 0 Å². The lowest BCUT2D eigenvalue weighted by Crippen LogP contribution is -2.24. The Morgan fingerprint density at radius 2 is 2.19 bits per heavy atom. The van der Waals surface area contributed by atoms with Crippen LogP contribution in [0.15, 0.2) is 18.2 Å². The zero-order valence-corrected chi connectivity index (χ0v) is 10.4. The Kier molecular flexibility index (Phi) is 4.06. The number of nitrogens with one attached hydrogen (secondary N) is 1. The highest BCUT2D eigenvalue weighted by Crippen LogP contribution is 2.35. The van der Waals surface area contributed by atoms with E-state index in [2.05, 4.69) is 5.32 Å². The van der Waals surface area contributed by atoms with E-state index in [1.807, 2.05) is 0 Å². The second kappa shape index (κ2) is 5.35. The molecule has 1 atom stereocenters. The smallest absolute Gasteiger partial charge is 0.123 e. The molecule has 1 N–H and O–H groups in total. The first-order valence-corrected chi connectivity index (χ1v) is 6.27. The maximum Gasteiger partial charge on any atom is 0.123 e. The monoisotopic (exact) mass is 261 g/mol. The number of hydrogen-bond acceptors (Lipinski definition) is 1. The molecular weight excluding hydrogens is 248 g/mol. The average molecular weight is 262 g/mol. The van der Waals surface area contributed by atoms with Gasteiger partial charge in [0.2, 0.25) is 0 Å². The van der Waals surface area contributed by atoms with Gasteiger partial charge in [0.05, 0.1) is 0 Å². The van der Waals surface area contributed by atoms with Crippen LogP contribution in [0.1, 0.15) is 18.4 Å². The molecule has 2 rings (SSSR count). The molecule has 16 heavy (non-hydrogen) atoms. The van der Waals surface area contributed by atoms with E-state index in [9.17, 15) is 4.39 Å². The summed E-state index contributed by atoms with van der Waals surface area (Å²) >= 11 is 12.1. The Morgan fingerprint density at radius 1 is 1.44 bits per heavy atom. The van der Waals surface area contributed by atoms with Crippen molar-refractivity contribution in [3.05, 3.63) is 34.6 Å². The molecule has 0 spiro atoms. The van der Waals surface area contributed by atoms with Crippen molar-refractivity contribution >= 4 is 23.2 Å². The predicted octanol–water partition coefficient (Wildman–Crippen LogP) is 3.59. The van der Waals surface area contributed by atoms with Gasteiger partial charge in [-0.3, -0.25) is 0 Å². The minimum absolute atomic E-state index is 0.187. The number of hydrogen-bond donors (Lipinski definition) is 1. The van der Waals surface area contributed by atoms with Crippen LogP contribution in [0.4, 0.5) is 4.39 Å². The van der Waals surface area contributed by atoms with E-state index < -0.39 is 0 Å². The van der Waals surface area contributed by atoms with Crippen molar-refractivity contribution in [2.45, 2.75) is 24.8 Å². The van der Waals surface area contributed by atoms with Crippen LogP contribution in [0.5, 0.6) is 0 Å². The van der Waals surface area contributed by atoms with Crippen molar-refractivity contribution in [2.75, 3.05) is 6.54 Å². The van der Waals surface area contributed by atoms with Gasteiger partial charge >= 0.3 is 0 Å². The van der Waals surface area contributed by atoms with Crippen molar-refractivity contribution in [3.63, 3.8) is 0 Å². The summed E-state index contributed by atoms with van der Waals surface area (Å²) in [6.07, 6.45) is 2.47. The molecule has 1 aromatic rings. The molecule has 4 heteroatoms. The molecule has 1 nitrogen and oxygen atoms in total. The van der Waals surface area contributed by atoms with Gasteiger partial charge in [-0.15, -0.1) is 11.6 Å². The average Bonchev–Trinajstić information content (AvgIpc) is 3.06. The summed E-state index contributed by atoms with van der Waals surface area (Å²) in [5.41, 5.74) is 0.779. The summed E-state index contributed by atoms with van der Waals surface area (Å²) in [4.78, 5) is 0. The number of benzene rings is 1. The third-order valence-corrected chi connectivity index (χ3v) is 3.68. The van der Waals surface area contributed by atoms with Crippen molar-refractivity contribution in [2.24, 2.45) is 5.92 Å². The zero-order chi connectivity index (χ0) is 11.5. The third kappa shape index (κ3) is 3.34. The molecule has 1 fully saturated rings. The topological polar surface area (TPSA) is 12.0 Å². The zero-order valence-electron chi connectivity index (χ0n) is 8.85. The third-order valence-electron chi connectivity index (χ3n) is 2.80. The summed E-state index contributed by atoms with van der Waals surface area (Å²) in [5.74, 6) is 0.406. The fraction of sp³-hybridized carbons (Fsp3) is 0.500. The van der Waals surface area contributed by atoms with Gasteiger partial charge in [-0.2, -0.15) is 0 Å². The highest BCUT2D eigenvalue weighted by atomic mass is 35.5. The molecule has 0 saturated heterocycles. The quantitative estimate of drug-likeness (QED) is 0.799. The standard InChI is InChI=1S/C12H14Cl2FN/c13-11-4-3-10(15)5-9(11)6-16-7-12(14)8-1-2-8/h3-5,8,12,16H,1-2,6-7H2. The number of halogens is 3. The molecule has 1 aliphatic rings. The van der Waals surface area contributed by atoms with E-state index in [4.69, 9.17) is 23.2 Å². The molecule has 0 aliphatic heterocycles. The Hall–Kier alpha value is -0.310. The molecular formula is C12H14Cl2FN. The maximum absolute atomic E-state index is 13.0. The number of alkyl halides is 1. The van der Waals surface area contributed by atoms with Crippen LogP contribution in [0.2, 0.25) is 5.02 Å². The first kappa shape index (κ1) is 12.2. The van der Waals surface area contributed by atoms with Crippen molar-refractivity contribution in [1.82, 2.24) is 5.32 Å². The molecule has 1 aliphatic carbocycles. The minimum atomic E-state index is -0.259. The molecule has 1 unspecified atom stereocenters. The lowest BCUT2D eigenvalue weighted by molar-refractivity contribution is 0.606. The fourth-order valence-electron chi connectivity index (χ4n) is 1.65. The summed E-state index contributed by atoms with van der Waals surface area (Å²) in [7, 11) is 0. The summed E-state index contributed by atoms with van der Waals surface area (Å²) in [6.45, 7) is 1.31. The minimum Gasteiger partial charge on any atom is -0.311 e. The van der Waals surface area contributed by atoms with Crippen molar-refractivity contribution < 1.29 is 4.39 Å². The molecule has 1 aromatic carbocycles. The van der Waals surface area contributed by atoms with Gasteiger partial charge < -0.3 is 5.32 Å². The molecule has 88 valence electrons. The summed E-state index contributed by atoms with van der Waals surface area (Å²) in [6, 6.07) is 4.39. The van der Waals surface area contributed by atoms with Crippen LogP contribution < -0.4 is 5.32 Å². The summed E-state index contributed by atoms with van der Waals surface area (Å²) in [5, 5.41) is 3.98. The highest BCUT2D eigenvalue weighted by molar-refractivity contribution is 6.31. The lowest BCUT2D eigenvalue weighted by Gasteiger charge is -2.10. The Balaban J connectivity index is 1.81.